The van der Waals surface area contributed by atoms with Crippen molar-refractivity contribution in [3.63, 3.8) is 0 Å². The second kappa shape index (κ2) is 5.73. The summed E-state index contributed by atoms with van der Waals surface area (Å²) in [5, 5.41) is 7.30. The minimum atomic E-state index is -0.140. The van der Waals surface area contributed by atoms with Crippen molar-refractivity contribution in [3.05, 3.63) is 51.5 Å². The first-order valence-corrected chi connectivity index (χ1v) is 7.53. The molecular formula is C15H17N3OS. The third-order valence-corrected chi connectivity index (χ3v) is 4.42. The second-order valence-electron chi connectivity index (χ2n) is 4.97. The largest absolute Gasteiger partial charge is 0.350 e. The van der Waals surface area contributed by atoms with Gasteiger partial charge in [0.25, 0.3) is 0 Å². The van der Waals surface area contributed by atoms with Crippen LogP contribution in [0, 0.1) is 6.92 Å². The lowest BCUT2D eigenvalue weighted by molar-refractivity contribution is -0.123. The number of hydrogen-bond donors (Lipinski definition) is 2. The Morgan fingerprint density at radius 1 is 1.45 bits per heavy atom. The zero-order valence-electron chi connectivity index (χ0n) is 11.3. The summed E-state index contributed by atoms with van der Waals surface area (Å²) in [6.07, 6.45) is 2.58. The lowest BCUT2D eigenvalue weighted by Gasteiger charge is -2.25. The van der Waals surface area contributed by atoms with Gasteiger partial charge in [-0.05, 0) is 24.5 Å². The molecule has 2 N–H and O–H groups in total. The Morgan fingerprint density at radius 3 is 3.00 bits per heavy atom. The van der Waals surface area contributed by atoms with Crippen molar-refractivity contribution in [2.75, 3.05) is 0 Å². The minimum Gasteiger partial charge on any atom is -0.350 e. The van der Waals surface area contributed by atoms with E-state index in [0.29, 0.717) is 6.54 Å². The van der Waals surface area contributed by atoms with Crippen LogP contribution in [-0.4, -0.2) is 16.9 Å². The monoisotopic (exact) mass is 287 g/mol. The van der Waals surface area contributed by atoms with Crippen LogP contribution in [-0.2, 0) is 24.3 Å². The van der Waals surface area contributed by atoms with Gasteiger partial charge in [0.15, 0.2) is 0 Å². The number of aryl methyl sites for hydroxylation is 1. The SMILES string of the molecule is Cc1ncc(CNC(=O)C2Cc3ccccc3CN2)s1. The maximum atomic E-state index is 12.2. The number of carbonyl (C=O) groups excluding carboxylic acids is 1. The summed E-state index contributed by atoms with van der Waals surface area (Å²) < 4.78 is 0. The van der Waals surface area contributed by atoms with Gasteiger partial charge in [-0.1, -0.05) is 24.3 Å². The fourth-order valence-electron chi connectivity index (χ4n) is 2.42. The van der Waals surface area contributed by atoms with Crippen molar-refractivity contribution in [2.24, 2.45) is 0 Å². The Bertz CT molecular complexity index is 623. The minimum absolute atomic E-state index is 0.0607. The predicted octanol–water partition coefficient (Wildman–Crippen LogP) is 1.78. The predicted molar refractivity (Wildman–Crippen MR) is 79.5 cm³/mol. The van der Waals surface area contributed by atoms with Crippen molar-refractivity contribution in [3.8, 4) is 0 Å². The highest BCUT2D eigenvalue weighted by molar-refractivity contribution is 7.11. The van der Waals surface area contributed by atoms with Gasteiger partial charge in [0.05, 0.1) is 17.6 Å². The molecule has 0 spiro atoms. The highest BCUT2D eigenvalue weighted by Crippen LogP contribution is 2.16. The fraction of sp³-hybridized carbons (Fsp3) is 0.333. The molecule has 5 heteroatoms. The number of rotatable bonds is 3. The van der Waals surface area contributed by atoms with Gasteiger partial charge < -0.3 is 10.6 Å². The van der Waals surface area contributed by atoms with Gasteiger partial charge in [-0.25, -0.2) is 4.98 Å². The van der Waals surface area contributed by atoms with Crippen LogP contribution in [0.4, 0.5) is 0 Å². The molecule has 0 radical (unpaired) electrons. The summed E-state index contributed by atoms with van der Waals surface area (Å²) >= 11 is 1.62. The molecule has 4 nitrogen and oxygen atoms in total. The number of aromatic nitrogens is 1. The van der Waals surface area contributed by atoms with Crippen molar-refractivity contribution in [1.82, 2.24) is 15.6 Å². The number of fused-ring (bicyclic) bond motifs is 1. The number of hydrogen-bond acceptors (Lipinski definition) is 4. The average Bonchev–Trinajstić information content (AvgIpc) is 2.90. The molecule has 0 saturated carbocycles. The van der Waals surface area contributed by atoms with E-state index in [0.717, 1.165) is 22.9 Å². The third kappa shape index (κ3) is 2.89. The van der Waals surface area contributed by atoms with Gasteiger partial charge in [0.2, 0.25) is 5.91 Å². The number of carbonyl (C=O) groups is 1. The number of nitrogens with one attached hydrogen (secondary N) is 2. The molecule has 1 unspecified atom stereocenters. The van der Waals surface area contributed by atoms with Crippen LogP contribution in [0.15, 0.2) is 30.5 Å². The number of amides is 1. The maximum absolute atomic E-state index is 12.2. The van der Waals surface area contributed by atoms with E-state index in [9.17, 15) is 4.79 Å². The molecule has 2 heterocycles. The van der Waals surface area contributed by atoms with E-state index in [-0.39, 0.29) is 11.9 Å². The highest BCUT2D eigenvalue weighted by Gasteiger charge is 2.23. The van der Waals surface area contributed by atoms with E-state index in [1.165, 1.54) is 11.1 Å². The summed E-state index contributed by atoms with van der Waals surface area (Å²) in [4.78, 5) is 17.5. The second-order valence-corrected chi connectivity index (χ2v) is 6.29. The Morgan fingerprint density at radius 2 is 2.25 bits per heavy atom. The maximum Gasteiger partial charge on any atom is 0.237 e. The first-order valence-electron chi connectivity index (χ1n) is 6.71. The fourth-order valence-corrected chi connectivity index (χ4v) is 3.16. The summed E-state index contributed by atoms with van der Waals surface area (Å²) in [5.41, 5.74) is 2.55. The molecule has 1 amide bonds. The van der Waals surface area contributed by atoms with Crippen molar-refractivity contribution in [2.45, 2.75) is 32.5 Å². The van der Waals surface area contributed by atoms with Crippen LogP contribution in [0.5, 0.6) is 0 Å². The number of nitrogens with zero attached hydrogens (tertiary/aromatic N) is 1. The van der Waals surface area contributed by atoms with Crippen molar-refractivity contribution in [1.29, 1.82) is 0 Å². The zero-order chi connectivity index (χ0) is 13.9. The van der Waals surface area contributed by atoms with Crippen LogP contribution < -0.4 is 10.6 Å². The van der Waals surface area contributed by atoms with Crippen LogP contribution in [0.3, 0.4) is 0 Å². The van der Waals surface area contributed by atoms with Gasteiger partial charge in [-0.2, -0.15) is 0 Å². The molecule has 0 fully saturated rings. The quantitative estimate of drug-likeness (QED) is 0.905. The summed E-state index contributed by atoms with van der Waals surface area (Å²) in [5.74, 6) is 0.0607. The van der Waals surface area contributed by atoms with E-state index in [1.807, 2.05) is 25.3 Å². The summed E-state index contributed by atoms with van der Waals surface area (Å²) in [6, 6.07) is 8.13. The first kappa shape index (κ1) is 13.3. The van der Waals surface area contributed by atoms with Gasteiger partial charge in [-0.3, -0.25) is 4.79 Å². The zero-order valence-corrected chi connectivity index (χ0v) is 12.2. The third-order valence-electron chi connectivity index (χ3n) is 3.50. The number of thiazole rings is 1. The molecule has 1 aliphatic heterocycles. The van der Waals surface area contributed by atoms with Gasteiger partial charge in [0, 0.05) is 17.6 Å². The molecular weight excluding hydrogens is 270 g/mol. The molecule has 0 bridgehead atoms. The Kier molecular flexibility index (Phi) is 3.80. The molecule has 1 atom stereocenters. The van der Waals surface area contributed by atoms with Crippen LogP contribution in [0.2, 0.25) is 0 Å². The highest BCUT2D eigenvalue weighted by atomic mass is 32.1. The average molecular weight is 287 g/mol. The van der Waals surface area contributed by atoms with Gasteiger partial charge in [0.1, 0.15) is 0 Å². The molecule has 104 valence electrons. The van der Waals surface area contributed by atoms with E-state index < -0.39 is 0 Å². The summed E-state index contributed by atoms with van der Waals surface area (Å²) in [7, 11) is 0. The summed E-state index contributed by atoms with van der Waals surface area (Å²) in [6.45, 7) is 3.29. The van der Waals surface area contributed by atoms with Gasteiger partial charge >= 0.3 is 0 Å². The van der Waals surface area contributed by atoms with Crippen molar-refractivity contribution < 1.29 is 4.79 Å². The van der Waals surface area contributed by atoms with Crippen LogP contribution in [0.1, 0.15) is 21.0 Å². The Balaban J connectivity index is 1.59. The molecule has 0 saturated heterocycles. The standard InChI is InChI=1S/C15H17N3OS/c1-10-16-8-13(20-10)9-18-15(19)14-6-11-4-2-3-5-12(11)7-17-14/h2-5,8,14,17H,6-7,9H2,1H3,(H,18,19). The first-order chi connectivity index (χ1) is 9.72. The number of benzene rings is 1. The van der Waals surface area contributed by atoms with Crippen LogP contribution >= 0.6 is 11.3 Å². The molecule has 0 aliphatic carbocycles. The van der Waals surface area contributed by atoms with E-state index in [1.54, 1.807) is 11.3 Å². The van der Waals surface area contributed by atoms with E-state index in [2.05, 4.69) is 27.8 Å². The van der Waals surface area contributed by atoms with E-state index >= 15 is 0 Å². The molecule has 3 rings (SSSR count). The molecule has 1 aliphatic rings. The van der Waals surface area contributed by atoms with Gasteiger partial charge in [-0.15, -0.1) is 11.3 Å². The molecule has 1 aromatic heterocycles. The molecule has 1 aromatic carbocycles. The topological polar surface area (TPSA) is 54.0 Å². The smallest absolute Gasteiger partial charge is 0.237 e. The Hall–Kier alpha value is -1.72. The molecule has 20 heavy (non-hydrogen) atoms. The normalized spacial score (nSPS) is 17.6. The molecule has 2 aromatic rings. The Labute approximate surface area is 122 Å². The van der Waals surface area contributed by atoms with Crippen LogP contribution in [0.25, 0.3) is 0 Å². The lowest BCUT2D eigenvalue weighted by atomic mass is 9.95. The van der Waals surface area contributed by atoms with E-state index in [4.69, 9.17) is 0 Å². The van der Waals surface area contributed by atoms with Crippen molar-refractivity contribution >= 4 is 17.2 Å². The lowest BCUT2D eigenvalue weighted by Crippen LogP contribution is -2.47.